The smallest absolute Gasteiger partial charge is 0.146 e. The first-order valence-corrected chi connectivity index (χ1v) is 6.60. The van der Waals surface area contributed by atoms with Crippen molar-refractivity contribution in [2.75, 3.05) is 7.11 Å². The quantitative estimate of drug-likeness (QED) is 0.936. The molecular formula is C14H18ClN3O. The number of halogens is 1. The van der Waals surface area contributed by atoms with Crippen molar-refractivity contribution >= 4 is 11.6 Å². The van der Waals surface area contributed by atoms with Crippen LogP contribution < -0.4 is 10.5 Å². The molecule has 0 atom stereocenters. The molecule has 0 aliphatic carbocycles. The summed E-state index contributed by atoms with van der Waals surface area (Å²) in [5.41, 5.74) is 9.77. The Hall–Kier alpha value is -1.52. The zero-order chi connectivity index (χ0) is 14.0. The van der Waals surface area contributed by atoms with Gasteiger partial charge in [0.05, 0.1) is 13.3 Å². The highest BCUT2D eigenvalue weighted by atomic mass is 35.5. The average Bonchev–Trinajstić information content (AvgIpc) is 2.83. The lowest BCUT2D eigenvalue weighted by Gasteiger charge is -2.13. The predicted octanol–water partition coefficient (Wildman–Crippen LogP) is 2.86. The zero-order valence-corrected chi connectivity index (χ0v) is 12.2. The van der Waals surface area contributed by atoms with Crippen LogP contribution in [0.1, 0.15) is 23.7 Å². The van der Waals surface area contributed by atoms with Crippen molar-refractivity contribution in [3.63, 3.8) is 0 Å². The summed E-state index contributed by atoms with van der Waals surface area (Å²) in [6, 6.07) is 3.79. The fourth-order valence-electron chi connectivity index (χ4n) is 2.14. The molecule has 1 aromatic carbocycles. The molecule has 0 fully saturated rings. The maximum atomic E-state index is 6.13. The van der Waals surface area contributed by atoms with E-state index in [1.807, 2.05) is 29.9 Å². The van der Waals surface area contributed by atoms with Gasteiger partial charge >= 0.3 is 0 Å². The Morgan fingerprint density at radius 1 is 1.42 bits per heavy atom. The second-order valence-corrected chi connectivity index (χ2v) is 4.77. The molecule has 0 spiro atoms. The lowest BCUT2D eigenvalue weighted by molar-refractivity contribution is 0.411. The molecule has 102 valence electrons. The van der Waals surface area contributed by atoms with Crippen LogP contribution in [0.4, 0.5) is 0 Å². The number of ether oxygens (including phenoxy) is 1. The van der Waals surface area contributed by atoms with Crippen LogP contribution in [0.2, 0.25) is 5.02 Å². The highest BCUT2D eigenvalue weighted by molar-refractivity contribution is 6.31. The summed E-state index contributed by atoms with van der Waals surface area (Å²) in [5.74, 6) is 0.706. The van der Waals surface area contributed by atoms with E-state index >= 15 is 0 Å². The molecule has 4 nitrogen and oxygen atoms in total. The number of aryl methyl sites for hydroxylation is 1. The van der Waals surface area contributed by atoms with E-state index in [0.717, 1.165) is 28.9 Å². The molecule has 2 rings (SSSR count). The summed E-state index contributed by atoms with van der Waals surface area (Å²) < 4.78 is 7.28. The minimum absolute atomic E-state index is 0.484. The first kappa shape index (κ1) is 13.9. The van der Waals surface area contributed by atoms with E-state index in [1.165, 1.54) is 0 Å². The van der Waals surface area contributed by atoms with Crippen molar-refractivity contribution in [1.82, 2.24) is 9.78 Å². The highest BCUT2D eigenvalue weighted by Gasteiger charge is 2.14. The number of methoxy groups -OCH3 is 1. The molecule has 19 heavy (non-hydrogen) atoms. The van der Waals surface area contributed by atoms with Crippen molar-refractivity contribution in [2.24, 2.45) is 5.73 Å². The molecule has 1 aromatic heterocycles. The third kappa shape index (κ3) is 2.46. The monoisotopic (exact) mass is 279 g/mol. The third-order valence-corrected chi connectivity index (χ3v) is 3.61. The fraction of sp³-hybridized carbons (Fsp3) is 0.357. The van der Waals surface area contributed by atoms with Gasteiger partial charge in [-0.3, -0.25) is 0 Å². The van der Waals surface area contributed by atoms with Crippen molar-refractivity contribution in [2.45, 2.75) is 26.8 Å². The van der Waals surface area contributed by atoms with Crippen molar-refractivity contribution in [1.29, 1.82) is 0 Å². The van der Waals surface area contributed by atoms with E-state index in [2.05, 4.69) is 12.0 Å². The van der Waals surface area contributed by atoms with Crippen LogP contribution in [0.15, 0.2) is 18.3 Å². The van der Waals surface area contributed by atoms with Crippen molar-refractivity contribution in [3.05, 3.63) is 40.2 Å². The Kier molecular flexibility index (Phi) is 4.12. The standard InChI is InChI=1S/C14H18ClN3O/c1-4-12-10(7-16)8-17-18(12)13-5-9(2)11(15)6-14(13)19-3/h5-6,8H,4,7,16H2,1-3H3. The normalized spacial score (nSPS) is 10.8. The van der Waals surface area contributed by atoms with Gasteiger partial charge in [0.15, 0.2) is 0 Å². The molecule has 2 aromatic rings. The third-order valence-electron chi connectivity index (χ3n) is 3.20. The summed E-state index contributed by atoms with van der Waals surface area (Å²) >= 11 is 6.13. The highest BCUT2D eigenvalue weighted by Crippen LogP contribution is 2.30. The molecule has 1 heterocycles. The number of nitrogens with zero attached hydrogens (tertiary/aromatic N) is 2. The van der Waals surface area contributed by atoms with E-state index in [-0.39, 0.29) is 0 Å². The Balaban J connectivity index is 2.64. The van der Waals surface area contributed by atoms with Gasteiger partial charge in [0, 0.05) is 28.9 Å². The van der Waals surface area contributed by atoms with E-state index in [9.17, 15) is 0 Å². The summed E-state index contributed by atoms with van der Waals surface area (Å²) in [6.45, 7) is 4.53. The van der Waals surface area contributed by atoms with Crippen LogP contribution in [0, 0.1) is 6.92 Å². The van der Waals surface area contributed by atoms with Gasteiger partial charge in [-0.05, 0) is 25.0 Å². The van der Waals surface area contributed by atoms with Crippen LogP contribution in [0.3, 0.4) is 0 Å². The molecule has 2 N–H and O–H groups in total. The number of rotatable bonds is 4. The van der Waals surface area contributed by atoms with Gasteiger partial charge in [0.2, 0.25) is 0 Å². The summed E-state index contributed by atoms with van der Waals surface area (Å²) in [7, 11) is 1.63. The second-order valence-electron chi connectivity index (χ2n) is 4.36. The van der Waals surface area contributed by atoms with Crippen LogP contribution >= 0.6 is 11.6 Å². The van der Waals surface area contributed by atoms with Gasteiger partial charge in [0.25, 0.3) is 0 Å². The second kappa shape index (κ2) is 5.63. The predicted molar refractivity (Wildman–Crippen MR) is 77.1 cm³/mol. The van der Waals surface area contributed by atoms with E-state index < -0.39 is 0 Å². The largest absolute Gasteiger partial charge is 0.494 e. The van der Waals surface area contributed by atoms with Gasteiger partial charge in [-0.15, -0.1) is 0 Å². The molecule has 0 unspecified atom stereocenters. The molecular weight excluding hydrogens is 262 g/mol. The number of aromatic nitrogens is 2. The summed E-state index contributed by atoms with van der Waals surface area (Å²) in [6.07, 6.45) is 2.67. The topological polar surface area (TPSA) is 53.1 Å². The van der Waals surface area contributed by atoms with E-state index in [1.54, 1.807) is 7.11 Å². The van der Waals surface area contributed by atoms with Gasteiger partial charge in [-0.2, -0.15) is 5.10 Å². The van der Waals surface area contributed by atoms with Gasteiger partial charge < -0.3 is 10.5 Å². The first-order chi connectivity index (χ1) is 9.12. The zero-order valence-electron chi connectivity index (χ0n) is 11.4. The van der Waals surface area contributed by atoms with Crippen LogP contribution in [-0.2, 0) is 13.0 Å². The van der Waals surface area contributed by atoms with Crippen molar-refractivity contribution < 1.29 is 4.74 Å². The molecule has 5 heteroatoms. The Bertz CT molecular complexity index is 593. The molecule has 0 saturated heterocycles. The van der Waals surface area contributed by atoms with Gasteiger partial charge in [-0.25, -0.2) is 4.68 Å². The molecule has 0 bridgehead atoms. The van der Waals surface area contributed by atoms with Crippen LogP contribution in [-0.4, -0.2) is 16.9 Å². The molecule has 0 amide bonds. The van der Waals surface area contributed by atoms with E-state index in [0.29, 0.717) is 17.3 Å². The minimum atomic E-state index is 0.484. The first-order valence-electron chi connectivity index (χ1n) is 6.22. The minimum Gasteiger partial charge on any atom is -0.494 e. The molecule has 0 radical (unpaired) electrons. The summed E-state index contributed by atoms with van der Waals surface area (Å²) in [5, 5.41) is 5.11. The fourth-order valence-corrected chi connectivity index (χ4v) is 2.29. The average molecular weight is 280 g/mol. The van der Waals surface area contributed by atoms with Gasteiger partial charge in [-0.1, -0.05) is 18.5 Å². The molecule has 0 saturated carbocycles. The van der Waals surface area contributed by atoms with E-state index in [4.69, 9.17) is 22.1 Å². The lowest BCUT2D eigenvalue weighted by atomic mass is 10.1. The number of hydrogen-bond donors (Lipinski definition) is 1. The summed E-state index contributed by atoms with van der Waals surface area (Å²) in [4.78, 5) is 0. The van der Waals surface area contributed by atoms with Crippen LogP contribution in [0.5, 0.6) is 5.75 Å². The Morgan fingerprint density at radius 2 is 2.16 bits per heavy atom. The van der Waals surface area contributed by atoms with Gasteiger partial charge in [0.1, 0.15) is 11.4 Å². The number of nitrogens with two attached hydrogens (primary N) is 1. The molecule has 0 aliphatic rings. The maximum absolute atomic E-state index is 6.13. The maximum Gasteiger partial charge on any atom is 0.146 e. The van der Waals surface area contributed by atoms with Crippen molar-refractivity contribution in [3.8, 4) is 11.4 Å². The SMILES string of the molecule is CCc1c(CN)cnn1-c1cc(C)c(Cl)cc1OC. The Labute approximate surface area is 118 Å². The molecule has 0 aliphatic heterocycles. The lowest BCUT2D eigenvalue weighted by Crippen LogP contribution is -2.07. The number of benzene rings is 1. The number of hydrogen-bond acceptors (Lipinski definition) is 3. The van der Waals surface area contributed by atoms with Crippen LogP contribution in [0.25, 0.3) is 5.69 Å². The Morgan fingerprint density at radius 3 is 2.74 bits per heavy atom.